The van der Waals surface area contributed by atoms with Crippen molar-refractivity contribution >= 4 is 23.1 Å². The fourth-order valence-electron chi connectivity index (χ4n) is 2.05. The maximum Gasteiger partial charge on any atom is 0.176 e. The number of aryl methyl sites for hydroxylation is 1. The van der Waals surface area contributed by atoms with Gasteiger partial charge in [0, 0.05) is 18.9 Å². The van der Waals surface area contributed by atoms with Gasteiger partial charge in [-0.05, 0) is 12.5 Å². The molecule has 0 fully saturated rings. The van der Waals surface area contributed by atoms with Gasteiger partial charge in [-0.3, -0.25) is 4.40 Å². The number of anilines is 1. The third kappa shape index (κ3) is 2.27. The highest BCUT2D eigenvalue weighted by Gasteiger charge is 2.10. The van der Waals surface area contributed by atoms with Crippen molar-refractivity contribution in [2.75, 3.05) is 5.32 Å². The molecule has 0 amide bonds. The fourth-order valence-corrected chi connectivity index (χ4v) is 2.24. The van der Waals surface area contributed by atoms with Crippen LogP contribution < -0.4 is 5.32 Å². The van der Waals surface area contributed by atoms with Crippen molar-refractivity contribution in [1.29, 1.82) is 0 Å². The molecule has 0 radical (unpaired) electrons. The summed E-state index contributed by atoms with van der Waals surface area (Å²) in [5.74, 6) is 0.947. The summed E-state index contributed by atoms with van der Waals surface area (Å²) in [5, 5.41) is 3.81. The molecule has 0 saturated carbocycles. The topological polar surface area (TPSA) is 42.2 Å². The van der Waals surface area contributed by atoms with Crippen LogP contribution in [-0.4, -0.2) is 14.4 Å². The second kappa shape index (κ2) is 4.90. The number of fused-ring (bicyclic) bond motifs is 1. The van der Waals surface area contributed by atoms with Crippen LogP contribution in [0.15, 0.2) is 42.7 Å². The number of halogens is 1. The monoisotopic (exact) mass is 272 g/mol. The highest BCUT2D eigenvalue weighted by Crippen LogP contribution is 2.21. The average molecular weight is 273 g/mol. The second-order valence-corrected chi connectivity index (χ2v) is 4.65. The molecule has 1 N–H and O–H groups in total. The van der Waals surface area contributed by atoms with Crippen LogP contribution in [0.3, 0.4) is 0 Å². The molecular formula is C14H13ClN4. The standard InChI is InChI=1S/C14H13ClN4/c1-10-13(17-9-11-5-3-2-4-6-11)19-8-7-16-12(15)14(19)18-10/h2-8,17H,9H2,1H3. The van der Waals surface area contributed by atoms with E-state index in [-0.39, 0.29) is 0 Å². The van der Waals surface area contributed by atoms with Crippen LogP contribution in [0.2, 0.25) is 5.15 Å². The number of benzene rings is 1. The Bertz CT molecular complexity index is 706. The molecule has 0 atom stereocenters. The fraction of sp³-hybridized carbons (Fsp3) is 0.143. The van der Waals surface area contributed by atoms with E-state index in [0.717, 1.165) is 18.1 Å². The Morgan fingerprint density at radius 2 is 2.05 bits per heavy atom. The summed E-state index contributed by atoms with van der Waals surface area (Å²) in [5.41, 5.74) is 2.81. The predicted molar refractivity (Wildman–Crippen MR) is 76.5 cm³/mol. The lowest BCUT2D eigenvalue weighted by molar-refractivity contribution is 1.06. The second-order valence-electron chi connectivity index (χ2n) is 4.30. The minimum atomic E-state index is 0.415. The molecule has 4 nitrogen and oxygen atoms in total. The van der Waals surface area contributed by atoms with Crippen molar-refractivity contribution < 1.29 is 0 Å². The average Bonchev–Trinajstić information content (AvgIpc) is 2.75. The van der Waals surface area contributed by atoms with E-state index in [1.807, 2.05) is 35.7 Å². The number of imidazole rings is 1. The van der Waals surface area contributed by atoms with Gasteiger partial charge in [0.1, 0.15) is 5.82 Å². The Balaban J connectivity index is 1.93. The molecule has 0 bridgehead atoms. The van der Waals surface area contributed by atoms with E-state index in [1.54, 1.807) is 6.20 Å². The van der Waals surface area contributed by atoms with Gasteiger partial charge >= 0.3 is 0 Å². The number of hydrogen-bond acceptors (Lipinski definition) is 3. The molecule has 5 heteroatoms. The van der Waals surface area contributed by atoms with Gasteiger partial charge in [0.15, 0.2) is 10.8 Å². The van der Waals surface area contributed by atoms with E-state index in [0.29, 0.717) is 10.8 Å². The van der Waals surface area contributed by atoms with E-state index >= 15 is 0 Å². The lowest BCUT2D eigenvalue weighted by atomic mass is 10.2. The van der Waals surface area contributed by atoms with E-state index in [1.165, 1.54) is 5.56 Å². The quantitative estimate of drug-likeness (QED) is 0.795. The maximum atomic E-state index is 6.04. The molecular weight excluding hydrogens is 260 g/mol. The van der Waals surface area contributed by atoms with Crippen molar-refractivity contribution in [3.63, 3.8) is 0 Å². The molecule has 0 aliphatic heterocycles. The Morgan fingerprint density at radius 1 is 1.26 bits per heavy atom. The summed E-state index contributed by atoms with van der Waals surface area (Å²) in [6.07, 6.45) is 3.53. The molecule has 1 aromatic carbocycles. The Kier molecular flexibility index (Phi) is 3.09. The summed E-state index contributed by atoms with van der Waals surface area (Å²) in [7, 11) is 0. The zero-order valence-electron chi connectivity index (χ0n) is 10.5. The van der Waals surface area contributed by atoms with Crippen molar-refractivity contribution in [2.24, 2.45) is 0 Å². The SMILES string of the molecule is Cc1nc2c(Cl)nccn2c1NCc1ccccc1. The first-order valence-electron chi connectivity index (χ1n) is 6.02. The number of hydrogen-bond donors (Lipinski definition) is 1. The molecule has 96 valence electrons. The van der Waals surface area contributed by atoms with Gasteiger partial charge in [-0.15, -0.1) is 0 Å². The third-order valence-corrected chi connectivity index (χ3v) is 3.24. The first-order valence-corrected chi connectivity index (χ1v) is 6.40. The summed E-state index contributed by atoms with van der Waals surface area (Å²) in [4.78, 5) is 8.47. The molecule has 0 unspecified atom stereocenters. The van der Waals surface area contributed by atoms with Crippen molar-refractivity contribution in [1.82, 2.24) is 14.4 Å². The smallest absolute Gasteiger partial charge is 0.176 e. The molecule has 19 heavy (non-hydrogen) atoms. The molecule has 2 heterocycles. The number of rotatable bonds is 3. The lowest BCUT2D eigenvalue weighted by Crippen LogP contribution is -2.03. The van der Waals surface area contributed by atoms with Gasteiger partial charge in [0.2, 0.25) is 0 Å². The molecule has 0 spiro atoms. The highest BCUT2D eigenvalue weighted by molar-refractivity contribution is 6.32. The number of nitrogens with zero attached hydrogens (tertiary/aromatic N) is 3. The van der Waals surface area contributed by atoms with E-state index < -0.39 is 0 Å². The third-order valence-electron chi connectivity index (χ3n) is 2.98. The zero-order chi connectivity index (χ0) is 13.2. The normalized spacial score (nSPS) is 10.8. The summed E-state index contributed by atoms with van der Waals surface area (Å²) in [6.45, 7) is 2.70. The summed E-state index contributed by atoms with van der Waals surface area (Å²) < 4.78 is 1.92. The van der Waals surface area contributed by atoms with Crippen LogP contribution in [0.25, 0.3) is 5.65 Å². The first kappa shape index (κ1) is 12.0. The van der Waals surface area contributed by atoms with Crippen LogP contribution in [-0.2, 0) is 6.54 Å². The van der Waals surface area contributed by atoms with Crippen molar-refractivity contribution in [3.8, 4) is 0 Å². The molecule has 0 aliphatic rings. The Hall–Kier alpha value is -2.07. The zero-order valence-corrected chi connectivity index (χ0v) is 11.2. The van der Waals surface area contributed by atoms with E-state index in [9.17, 15) is 0 Å². The van der Waals surface area contributed by atoms with Gasteiger partial charge < -0.3 is 5.32 Å². The summed E-state index contributed by atoms with van der Waals surface area (Å²) in [6, 6.07) is 10.2. The van der Waals surface area contributed by atoms with Crippen LogP contribution in [0.1, 0.15) is 11.3 Å². The predicted octanol–water partition coefficient (Wildman–Crippen LogP) is 3.30. The largest absolute Gasteiger partial charge is 0.366 e. The van der Waals surface area contributed by atoms with Gasteiger partial charge in [-0.2, -0.15) is 0 Å². The summed E-state index contributed by atoms with van der Waals surface area (Å²) >= 11 is 6.04. The van der Waals surface area contributed by atoms with Gasteiger partial charge in [0.05, 0.1) is 5.69 Å². The minimum Gasteiger partial charge on any atom is -0.366 e. The lowest BCUT2D eigenvalue weighted by Gasteiger charge is -2.07. The first-order chi connectivity index (χ1) is 9.25. The molecule has 3 rings (SSSR count). The maximum absolute atomic E-state index is 6.04. The molecule has 3 aromatic rings. The highest BCUT2D eigenvalue weighted by atomic mass is 35.5. The number of aromatic nitrogens is 3. The van der Waals surface area contributed by atoms with Crippen molar-refractivity contribution in [3.05, 3.63) is 59.1 Å². The Morgan fingerprint density at radius 3 is 2.84 bits per heavy atom. The van der Waals surface area contributed by atoms with Crippen LogP contribution in [0.4, 0.5) is 5.82 Å². The van der Waals surface area contributed by atoms with E-state index in [2.05, 4.69) is 27.4 Å². The number of nitrogens with one attached hydrogen (secondary N) is 1. The van der Waals surface area contributed by atoms with Gasteiger partial charge in [0.25, 0.3) is 0 Å². The van der Waals surface area contributed by atoms with Crippen LogP contribution >= 0.6 is 11.6 Å². The van der Waals surface area contributed by atoms with Gasteiger partial charge in [-0.1, -0.05) is 41.9 Å². The van der Waals surface area contributed by atoms with Crippen LogP contribution in [0.5, 0.6) is 0 Å². The minimum absolute atomic E-state index is 0.415. The molecule has 0 aliphatic carbocycles. The van der Waals surface area contributed by atoms with E-state index in [4.69, 9.17) is 11.6 Å². The molecule has 0 saturated heterocycles. The van der Waals surface area contributed by atoms with Gasteiger partial charge in [-0.25, -0.2) is 9.97 Å². The molecule has 2 aromatic heterocycles. The van der Waals surface area contributed by atoms with Crippen LogP contribution in [0, 0.1) is 6.92 Å². The Labute approximate surface area is 116 Å². The van der Waals surface area contributed by atoms with Crippen molar-refractivity contribution in [2.45, 2.75) is 13.5 Å².